The van der Waals surface area contributed by atoms with Crippen molar-refractivity contribution in [3.05, 3.63) is 21.8 Å². The first-order valence-electron chi connectivity index (χ1n) is 3.80. The van der Waals surface area contributed by atoms with Crippen molar-refractivity contribution in [1.29, 1.82) is 15.8 Å². The van der Waals surface area contributed by atoms with Crippen molar-refractivity contribution < 1.29 is 0 Å². The molecule has 0 aliphatic rings. The normalized spacial score (nSPS) is 8.67. The van der Waals surface area contributed by atoms with Crippen molar-refractivity contribution in [2.24, 2.45) is 0 Å². The molecule has 0 spiro atoms. The number of hydrogen-bond acceptors (Lipinski definition) is 5. The van der Waals surface area contributed by atoms with Crippen molar-refractivity contribution >= 4 is 17.4 Å². The zero-order valence-electron chi connectivity index (χ0n) is 7.45. The van der Waals surface area contributed by atoms with Crippen LogP contribution in [0.15, 0.2) is 0 Å². The lowest BCUT2D eigenvalue weighted by atomic mass is 10.0. The molecule has 0 aliphatic carbocycles. The largest absolute Gasteiger partial charge is 0.383 e. The lowest BCUT2D eigenvalue weighted by Crippen LogP contribution is -2.03. The summed E-state index contributed by atoms with van der Waals surface area (Å²) in [7, 11) is 0. The van der Waals surface area contributed by atoms with Crippen molar-refractivity contribution in [3.8, 4) is 18.2 Å². The third kappa shape index (κ3) is 1.81. The van der Waals surface area contributed by atoms with Gasteiger partial charge in [-0.15, -0.1) is 0 Å². The van der Waals surface area contributed by atoms with Gasteiger partial charge < -0.3 is 5.73 Å². The third-order valence-corrected chi connectivity index (χ3v) is 2.04. The van der Waals surface area contributed by atoms with Gasteiger partial charge in [0.15, 0.2) is 0 Å². The molecule has 0 amide bonds. The van der Waals surface area contributed by atoms with Crippen LogP contribution in [0.1, 0.15) is 16.7 Å². The van der Waals surface area contributed by atoms with Gasteiger partial charge in [-0.25, -0.2) is 4.98 Å². The molecule has 15 heavy (non-hydrogen) atoms. The number of rotatable bonds is 1. The van der Waals surface area contributed by atoms with Gasteiger partial charge in [0.25, 0.3) is 0 Å². The highest BCUT2D eigenvalue weighted by Crippen LogP contribution is 2.24. The van der Waals surface area contributed by atoms with Crippen molar-refractivity contribution in [3.63, 3.8) is 0 Å². The first-order valence-corrected chi connectivity index (χ1v) is 4.18. The fourth-order valence-electron chi connectivity index (χ4n) is 1.12. The van der Waals surface area contributed by atoms with Crippen LogP contribution in [0.4, 0.5) is 5.82 Å². The highest BCUT2D eigenvalue weighted by Gasteiger charge is 2.16. The zero-order valence-corrected chi connectivity index (χ0v) is 8.21. The summed E-state index contributed by atoms with van der Waals surface area (Å²) in [5.74, 6) is -0.0632. The highest BCUT2D eigenvalue weighted by molar-refractivity contribution is 6.30. The van der Waals surface area contributed by atoms with Gasteiger partial charge in [0.05, 0.1) is 23.6 Å². The number of nitrogen functional groups attached to an aromatic ring is 1. The van der Waals surface area contributed by atoms with Gasteiger partial charge in [-0.05, 0) is 0 Å². The minimum Gasteiger partial charge on any atom is -0.383 e. The molecule has 0 saturated carbocycles. The molecule has 1 aromatic rings. The Morgan fingerprint density at radius 2 is 1.80 bits per heavy atom. The Morgan fingerprint density at radius 1 is 1.20 bits per heavy atom. The first-order chi connectivity index (χ1) is 7.15. The maximum Gasteiger partial charge on any atom is 0.149 e. The third-order valence-electron chi connectivity index (χ3n) is 1.76. The SMILES string of the molecule is N#CCc1c(C#N)c(N)nc(Cl)c1C#N. The minimum absolute atomic E-state index is 0.0315. The Balaban J connectivity index is 3.64. The smallest absolute Gasteiger partial charge is 0.149 e. The van der Waals surface area contributed by atoms with Gasteiger partial charge in [-0.1, -0.05) is 11.6 Å². The average molecular weight is 218 g/mol. The summed E-state index contributed by atoms with van der Waals surface area (Å²) < 4.78 is 0. The summed E-state index contributed by atoms with van der Waals surface area (Å²) in [6.07, 6.45) is -0.0990. The van der Waals surface area contributed by atoms with Crippen LogP contribution in [0.5, 0.6) is 0 Å². The molecular weight excluding hydrogens is 214 g/mol. The Labute approximate surface area is 90.9 Å². The summed E-state index contributed by atoms with van der Waals surface area (Å²) in [5, 5.41) is 26.1. The van der Waals surface area contributed by atoms with E-state index < -0.39 is 0 Å². The first kappa shape index (κ1) is 10.8. The second-order valence-electron chi connectivity index (χ2n) is 2.57. The molecule has 0 saturated heterocycles. The predicted molar refractivity (Wildman–Crippen MR) is 52.4 cm³/mol. The van der Waals surface area contributed by atoms with Crippen LogP contribution >= 0.6 is 11.6 Å². The van der Waals surface area contributed by atoms with Crippen molar-refractivity contribution in [2.75, 3.05) is 5.73 Å². The van der Waals surface area contributed by atoms with E-state index in [4.69, 9.17) is 33.1 Å². The molecular formula is C9H4ClN5. The maximum atomic E-state index is 8.80. The van der Waals surface area contributed by atoms with E-state index >= 15 is 0 Å². The average Bonchev–Trinajstić information content (AvgIpc) is 2.18. The van der Waals surface area contributed by atoms with Crippen molar-refractivity contribution in [1.82, 2.24) is 4.98 Å². The van der Waals surface area contributed by atoms with E-state index in [1.165, 1.54) is 0 Å². The predicted octanol–water partition coefficient (Wildman–Crippen LogP) is 1.13. The number of pyridine rings is 1. The van der Waals surface area contributed by atoms with E-state index in [0.717, 1.165) is 0 Å². The number of aromatic nitrogens is 1. The van der Waals surface area contributed by atoms with Crippen LogP contribution in [-0.2, 0) is 6.42 Å². The zero-order chi connectivity index (χ0) is 11.4. The number of nitrogens with two attached hydrogens (primary N) is 1. The molecule has 2 N–H and O–H groups in total. The van der Waals surface area contributed by atoms with E-state index in [-0.39, 0.29) is 34.1 Å². The van der Waals surface area contributed by atoms with Crippen LogP contribution in [0.25, 0.3) is 0 Å². The molecule has 1 heterocycles. The van der Waals surface area contributed by atoms with E-state index in [9.17, 15) is 0 Å². The number of nitriles is 3. The molecule has 0 aromatic carbocycles. The van der Waals surface area contributed by atoms with Crippen LogP contribution in [0, 0.1) is 34.0 Å². The van der Waals surface area contributed by atoms with E-state index in [1.807, 2.05) is 6.07 Å². The summed E-state index contributed by atoms with van der Waals surface area (Å²) in [4.78, 5) is 3.65. The molecule has 0 fully saturated rings. The molecule has 5 nitrogen and oxygen atoms in total. The molecule has 72 valence electrons. The Bertz CT molecular complexity index is 491. The van der Waals surface area contributed by atoms with Gasteiger partial charge in [0.1, 0.15) is 23.1 Å². The number of halogens is 1. The minimum atomic E-state index is -0.0990. The van der Waals surface area contributed by atoms with E-state index in [0.29, 0.717) is 0 Å². The number of nitrogens with zero attached hydrogens (tertiary/aromatic N) is 4. The standard InChI is InChI=1S/C9H4ClN5/c10-8-6(3-12)5(1-2-11)7(4-13)9(14)15-8/h1H2,(H2,14,15). The van der Waals surface area contributed by atoms with Gasteiger partial charge in [0, 0.05) is 5.56 Å². The Morgan fingerprint density at radius 3 is 2.27 bits per heavy atom. The van der Waals surface area contributed by atoms with Crippen LogP contribution in [0.3, 0.4) is 0 Å². The molecule has 0 unspecified atom stereocenters. The molecule has 1 aromatic heterocycles. The van der Waals surface area contributed by atoms with Crippen LogP contribution in [0.2, 0.25) is 5.15 Å². The summed E-state index contributed by atoms with van der Waals surface area (Å²) in [6, 6.07) is 5.44. The second kappa shape index (κ2) is 4.28. The van der Waals surface area contributed by atoms with Crippen LogP contribution < -0.4 is 5.73 Å². The Kier molecular flexibility index (Phi) is 3.08. The van der Waals surface area contributed by atoms with Gasteiger partial charge in [0.2, 0.25) is 0 Å². The van der Waals surface area contributed by atoms with E-state index in [1.54, 1.807) is 12.1 Å². The van der Waals surface area contributed by atoms with Gasteiger partial charge in [-0.3, -0.25) is 0 Å². The molecule has 0 radical (unpaired) electrons. The highest BCUT2D eigenvalue weighted by atomic mass is 35.5. The maximum absolute atomic E-state index is 8.80. The number of anilines is 1. The summed E-state index contributed by atoms with van der Waals surface area (Å²) in [5.41, 5.74) is 5.76. The molecule has 0 aliphatic heterocycles. The fourth-order valence-corrected chi connectivity index (χ4v) is 1.36. The summed E-state index contributed by atoms with van der Waals surface area (Å²) >= 11 is 5.67. The van der Waals surface area contributed by atoms with Gasteiger partial charge >= 0.3 is 0 Å². The molecule has 6 heteroatoms. The molecule has 1 rings (SSSR count). The summed E-state index contributed by atoms with van der Waals surface area (Å²) in [6.45, 7) is 0. The topological polar surface area (TPSA) is 110 Å². The van der Waals surface area contributed by atoms with Crippen molar-refractivity contribution in [2.45, 2.75) is 6.42 Å². The Hall–Kier alpha value is -2.29. The van der Waals surface area contributed by atoms with Gasteiger partial charge in [-0.2, -0.15) is 15.8 Å². The molecule has 0 atom stereocenters. The molecule has 0 bridgehead atoms. The number of hydrogen-bond donors (Lipinski definition) is 1. The quantitative estimate of drug-likeness (QED) is 0.709. The lowest BCUT2D eigenvalue weighted by molar-refractivity contribution is 1.17. The lowest BCUT2D eigenvalue weighted by Gasteiger charge is -2.05. The van der Waals surface area contributed by atoms with E-state index in [2.05, 4.69) is 4.98 Å². The second-order valence-corrected chi connectivity index (χ2v) is 2.93. The van der Waals surface area contributed by atoms with Crippen LogP contribution in [-0.4, -0.2) is 4.98 Å². The fraction of sp³-hybridized carbons (Fsp3) is 0.111. The monoisotopic (exact) mass is 217 g/mol.